The van der Waals surface area contributed by atoms with Crippen LogP contribution < -0.4 is 11.1 Å². The molecule has 0 aliphatic heterocycles. The fourth-order valence-electron chi connectivity index (χ4n) is 1.55. The van der Waals surface area contributed by atoms with Crippen LogP contribution in [0.15, 0.2) is 12.1 Å². The third-order valence-corrected chi connectivity index (χ3v) is 3.36. The molecule has 0 bridgehead atoms. The number of hydrogen-bond acceptors (Lipinski definition) is 3. The summed E-state index contributed by atoms with van der Waals surface area (Å²) in [5.41, 5.74) is 5.80. The molecule has 1 rings (SSSR count). The molecule has 3 nitrogen and oxygen atoms in total. The molecule has 1 heterocycles. The molecule has 0 spiro atoms. The summed E-state index contributed by atoms with van der Waals surface area (Å²) < 4.78 is 0. The van der Waals surface area contributed by atoms with Gasteiger partial charge in [-0.25, -0.2) is 0 Å². The number of nitrogens with two attached hydrogens (primary N) is 1. The van der Waals surface area contributed by atoms with E-state index in [0.29, 0.717) is 13.0 Å². The topological polar surface area (TPSA) is 55.1 Å². The highest BCUT2D eigenvalue weighted by Gasteiger charge is 2.08. The molecule has 0 aromatic carbocycles. The van der Waals surface area contributed by atoms with Crippen molar-refractivity contribution in [1.29, 1.82) is 0 Å². The van der Waals surface area contributed by atoms with Gasteiger partial charge in [-0.15, -0.1) is 11.3 Å². The summed E-state index contributed by atoms with van der Waals surface area (Å²) in [5.74, 6) is 0.0482. The quantitative estimate of drug-likeness (QED) is 0.801. The van der Waals surface area contributed by atoms with Crippen LogP contribution in [-0.4, -0.2) is 11.9 Å². The molecule has 0 aliphatic carbocycles. The molecule has 1 aromatic rings. The lowest BCUT2D eigenvalue weighted by molar-refractivity contribution is -0.121. The number of amides is 1. The second-order valence-corrected chi connectivity index (χ2v) is 5.41. The van der Waals surface area contributed by atoms with Gasteiger partial charge in [0, 0.05) is 22.2 Å². The number of nitrogens with one attached hydrogen (secondary N) is 1. The second kappa shape index (κ2) is 6.66. The number of aryl methyl sites for hydroxylation is 1. The van der Waals surface area contributed by atoms with Gasteiger partial charge in [0.15, 0.2) is 0 Å². The second-order valence-electron chi connectivity index (χ2n) is 4.04. The zero-order valence-electron chi connectivity index (χ0n) is 9.95. The lowest BCUT2D eigenvalue weighted by Crippen LogP contribution is -2.31. The maximum Gasteiger partial charge on any atom is 0.221 e. The Morgan fingerprint density at radius 1 is 1.56 bits per heavy atom. The molecule has 3 N–H and O–H groups in total. The maximum absolute atomic E-state index is 11.5. The first-order valence-electron chi connectivity index (χ1n) is 5.69. The number of rotatable bonds is 6. The Hall–Kier alpha value is -0.870. The van der Waals surface area contributed by atoms with Crippen molar-refractivity contribution in [3.05, 3.63) is 21.9 Å². The number of thiophene rings is 1. The summed E-state index contributed by atoms with van der Waals surface area (Å²) in [5, 5.41) is 2.89. The maximum atomic E-state index is 11.5. The Morgan fingerprint density at radius 2 is 2.31 bits per heavy atom. The Kier molecular flexibility index (Phi) is 5.49. The van der Waals surface area contributed by atoms with E-state index in [4.69, 9.17) is 5.73 Å². The summed E-state index contributed by atoms with van der Waals surface area (Å²) in [4.78, 5) is 14.0. The molecule has 0 saturated heterocycles. The van der Waals surface area contributed by atoms with E-state index in [2.05, 4.69) is 25.2 Å². The zero-order chi connectivity index (χ0) is 12.0. The summed E-state index contributed by atoms with van der Waals surface area (Å²) >= 11 is 1.71. The standard InChI is InChI=1S/C12H20N2OS/c1-3-4-10(13)7-12(15)14-8-11-6-5-9(2)16-11/h5-6,10H,3-4,7-8,13H2,1-2H3,(H,14,15). The highest BCUT2D eigenvalue weighted by molar-refractivity contribution is 7.11. The minimum atomic E-state index is -0.00456. The average molecular weight is 240 g/mol. The number of carbonyl (C=O) groups is 1. The largest absolute Gasteiger partial charge is 0.351 e. The minimum Gasteiger partial charge on any atom is -0.351 e. The Labute approximate surface area is 101 Å². The Bertz CT molecular complexity index is 336. The summed E-state index contributed by atoms with van der Waals surface area (Å²) in [6.45, 7) is 4.76. The van der Waals surface area contributed by atoms with Crippen LogP contribution in [0.4, 0.5) is 0 Å². The normalized spacial score (nSPS) is 12.4. The van der Waals surface area contributed by atoms with E-state index < -0.39 is 0 Å². The molecule has 1 unspecified atom stereocenters. The van der Waals surface area contributed by atoms with Crippen LogP contribution in [0.5, 0.6) is 0 Å². The van der Waals surface area contributed by atoms with Gasteiger partial charge >= 0.3 is 0 Å². The molecular weight excluding hydrogens is 220 g/mol. The lowest BCUT2D eigenvalue weighted by Gasteiger charge is -2.09. The van der Waals surface area contributed by atoms with Gasteiger partial charge in [-0.3, -0.25) is 4.79 Å². The Balaban J connectivity index is 2.25. The van der Waals surface area contributed by atoms with Crippen LogP contribution in [0.1, 0.15) is 35.9 Å². The van der Waals surface area contributed by atoms with Crippen LogP contribution in [0.3, 0.4) is 0 Å². The van der Waals surface area contributed by atoms with Crippen molar-refractivity contribution in [2.75, 3.05) is 0 Å². The van der Waals surface area contributed by atoms with E-state index in [1.807, 2.05) is 6.07 Å². The minimum absolute atomic E-state index is 0.00456. The van der Waals surface area contributed by atoms with Gasteiger partial charge < -0.3 is 11.1 Å². The van der Waals surface area contributed by atoms with Crippen LogP contribution in [-0.2, 0) is 11.3 Å². The molecule has 1 amide bonds. The van der Waals surface area contributed by atoms with E-state index in [9.17, 15) is 4.79 Å². The molecular formula is C12H20N2OS. The predicted octanol–water partition coefficient (Wildman–Crippen LogP) is 2.19. The van der Waals surface area contributed by atoms with Crippen molar-refractivity contribution in [2.24, 2.45) is 5.73 Å². The SMILES string of the molecule is CCCC(N)CC(=O)NCc1ccc(C)s1. The third-order valence-electron chi connectivity index (χ3n) is 2.36. The summed E-state index contributed by atoms with van der Waals surface area (Å²) in [7, 11) is 0. The fraction of sp³-hybridized carbons (Fsp3) is 0.583. The lowest BCUT2D eigenvalue weighted by atomic mass is 10.1. The molecule has 16 heavy (non-hydrogen) atoms. The number of hydrogen-bond donors (Lipinski definition) is 2. The molecule has 1 aromatic heterocycles. The Morgan fingerprint density at radius 3 is 2.88 bits per heavy atom. The molecule has 4 heteroatoms. The monoisotopic (exact) mass is 240 g/mol. The molecule has 90 valence electrons. The number of carbonyl (C=O) groups excluding carboxylic acids is 1. The highest BCUT2D eigenvalue weighted by Crippen LogP contribution is 2.14. The van der Waals surface area contributed by atoms with E-state index in [1.54, 1.807) is 11.3 Å². The summed E-state index contributed by atoms with van der Waals surface area (Å²) in [6, 6.07) is 4.11. The van der Waals surface area contributed by atoms with Gasteiger partial charge in [0.25, 0.3) is 0 Å². The van der Waals surface area contributed by atoms with Crippen LogP contribution in [0.25, 0.3) is 0 Å². The van der Waals surface area contributed by atoms with Crippen molar-refractivity contribution in [3.8, 4) is 0 Å². The van der Waals surface area contributed by atoms with Crippen molar-refractivity contribution < 1.29 is 4.79 Å². The van der Waals surface area contributed by atoms with Gasteiger partial charge in [-0.05, 0) is 25.5 Å². The average Bonchev–Trinajstić information content (AvgIpc) is 2.61. The first kappa shape index (κ1) is 13.2. The van der Waals surface area contributed by atoms with E-state index in [1.165, 1.54) is 9.75 Å². The van der Waals surface area contributed by atoms with Gasteiger partial charge in [0.2, 0.25) is 5.91 Å². The van der Waals surface area contributed by atoms with Crippen LogP contribution in [0.2, 0.25) is 0 Å². The smallest absolute Gasteiger partial charge is 0.221 e. The van der Waals surface area contributed by atoms with Crippen LogP contribution >= 0.6 is 11.3 Å². The molecule has 0 aliphatic rings. The van der Waals surface area contributed by atoms with Crippen molar-refractivity contribution in [1.82, 2.24) is 5.32 Å². The molecule has 0 saturated carbocycles. The first-order valence-corrected chi connectivity index (χ1v) is 6.51. The molecule has 0 fully saturated rings. The van der Waals surface area contributed by atoms with Gasteiger partial charge in [0.1, 0.15) is 0 Å². The zero-order valence-corrected chi connectivity index (χ0v) is 10.8. The van der Waals surface area contributed by atoms with Gasteiger partial charge in [-0.2, -0.15) is 0 Å². The summed E-state index contributed by atoms with van der Waals surface area (Å²) in [6.07, 6.45) is 2.36. The first-order chi connectivity index (χ1) is 7.61. The van der Waals surface area contributed by atoms with E-state index >= 15 is 0 Å². The highest BCUT2D eigenvalue weighted by atomic mass is 32.1. The van der Waals surface area contributed by atoms with Crippen molar-refractivity contribution in [3.63, 3.8) is 0 Å². The van der Waals surface area contributed by atoms with Gasteiger partial charge in [0.05, 0.1) is 6.54 Å². The van der Waals surface area contributed by atoms with E-state index in [0.717, 1.165) is 12.8 Å². The van der Waals surface area contributed by atoms with E-state index in [-0.39, 0.29) is 11.9 Å². The fourth-order valence-corrected chi connectivity index (χ4v) is 2.38. The van der Waals surface area contributed by atoms with Crippen molar-refractivity contribution in [2.45, 2.75) is 45.7 Å². The van der Waals surface area contributed by atoms with Gasteiger partial charge in [-0.1, -0.05) is 13.3 Å². The molecule has 0 radical (unpaired) electrons. The molecule has 1 atom stereocenters. The third kappa shape index (κ3) is 4.77. The predicted molar refractivity (Wildman–Crippen MR) is 68.4 cm³/mol. The van der Waals surface area contributed by atoms with Crippen molar-refractivity contribution >= 4 is 17.2 Å². The van der Waals surface area contributed by atoms with Crippen LogP contribution in [0, 0.1) is 6.92 Å².